The molecule has 10 heavy (non-hydrogen) atoms. The fourth-order valence-electron chi connectivity index (χ4n) is 0.824. The summed E-state index contributed by atoms with van der Waals surface area (Å²) in [4.78, 5) is 0. The minimum Gasteiger partial charge on any atom is -0.166 e. The summed E-state index contributed by atoms with van der Waals surface area (Å²) in [6, 6.07) is 0. The van der Waals surface area contributed by atoms with E-state index in [4.69, 9.17) is 0 Å². The molecule has 0 rings (SSSR count). The second kappa shape index (κ2) is 3.08. The van der Waals surface area contributed by atoms with E-state index in [1.54, 1.807) is 0 Å². The maximum absolute atomic E-state index is 11.9. The van der Waals surface area contributed by atoms with Crippen molar-refractivity contribution in [3.8, 4) is 0 Å². The molecule has 0 amide bonds. The van der Waals surface area contributed by atoms with E-state index >= 15 is 0 Å². The van der Waals surface area contributed by atoms with E-state index in [0.717, 1.165) is 6.08 Å². The van der Waals surface area contributed by atoms with Crippen molar-refractivity contribution in [3.63, 3.8) is 0 Å². The molecule has 0 spiro atoms. The van der Waals surface area contributed by atoms with Crippen LogP contribution in [0.25, 0.3) is 0 Å². The highest BCUT2D eigenvalue weighted by atomic mass is 19.4. The lowest BCUT2D eigenvalue weighted by molar-refractivity contribution is -0.0977. The van der Waals surface area contributed by atoms with Crippen molar-refractivity contribution >= 4 is 0 Å². The van der Waals surface area contributed by atoms with E-state index in [0.29, 0.717) is 0 Å². The fraction of sp³-hybridized carbons (Fsp3) is 0.714. The molecule has 0 saturated heterocycles. The molecule has 0 aromatic carbocycles. The van der Waals surface area contributed by atoms with E-state index < -0.39 is 17.7 Å². The van der Waals surface area contributed by atoms with Crippen molar-refractivity contribution in [3.05, 3.63) is 11.6 Å². The van der Waals surface area contributed by atoms with Crippen molar-refractivity contribution in [2.45, 2.75) is 26.9 Å². The first-order valence-corrected chi connectivity index (χ1v) is 3.13. The molecule has 0 nitrogen and oxygen atoms in total. The zero-order valence-electron chi connectivity index (χ0n) is 6.29. The van der Waals surface area contributed by atoms with Crippen LogP contribution in [0.15, 0.2) is 11.6 Å². The largest absolute Gasteiger partial charge is 0.412 e. The number of allylic oxidation sites excluding steroid dienone is 2. The van der Waals surface area contributed by atoms with E-state index in [-0.39, 0.29) is 0 Å². The van der Waals surface area contributed by atoms with Gasteiger partial charge < -0.3 is 0 Å². The van der Waals surface area contributed by atoms with Gasteiger partial charge in [-0.2, -0.15) is 13.2 Å². The van der Waals surface area contributed by atoms with E-state index in [1.165, 1.54) is 20.8 Å². The SMILES string of the molecule is C/C=C(\C(C)C)C(F)(F)F. The average molecular weight is 152 g/mol. The molecule has 0 heterocycles. The van der Waals surface area contributed by atoms with Gasteiger partial charge in [0.1, 0.15) is 0 Å². The van der Waals surface area contributed by atoms with Crippen LogP contribution in [-0.4, -0.2) is 6.18 Å². The molecular weight excluding hydrogens is 141 g/mol. The molecule has 0 aliphatic rings. The zero-order valence-corrected chi connectivity index (χ0v) is 6.29. The van der Waals surface area contributed by atoms with Gasteiger partial charge in [0.05, 0.1) is 0 Å². The van der Waals surface area contributed by atoms with Gasteiger partial charge in [-0.3, -0.25) is 0 Å². The Bertz CT molecular complexity index is 130. The van der Waals surface area contributed by atoms with Gasteiger partial charge in [-0.25, -0.2) is 0 Å². The second-order valence-electron chi connectivity index (χ2n) is 2.40. The minimum atomic E-state index is -4.15. The Morgan fingerprint density at radius 2 is 1.70 bits per heavy atom. The monoisotopic (exact) mass is 152 g/mol. The molecule has 0 radical (unpaired) electrons. The Hall–Kier alpha value is -0.470. The van der Waals surface area contributed by atoms with Gasteiger partial charge in [-0.1, -0.05) is 19.9 Å². The molecule has 0 aromatic heterocycles. The Kier molecular flexibility index (Phi) is 2.94. The van der Waals surface area contributed by atoms with Crippen molar-refractivity contribution in [1.82, 2.24) is 0 Å². The molecule has 0 saturated carbocycles. The topological polar surface area (TPSA) is 0 Å². The lowest BCUT2D eigenvalue weighted by Gasteiger charge is -2.13. The lowest BCUT2D eigenvalue weighted by atomic mass is 10.0. The Balaban J connectivity index is 4.40. The Morgan fingerprint density at radius 3 is 1.70 bits per heavy atom. The van der Waals surface area contributed by atoms with Gasteiger partial charge in [-0.05, 0) is 12.8 Å². The smallest absolute Gasteiger partial charge is 0.166 e. The number of hydrogen-bond acceptors (Lipinski definition) is 0. The first-order chi connectivity index (χ1) is 4.39. The molecule has 0 aliphatic heterocycles. The summed E-state index contributed by atoms with van der Waals surface area (Å²) in [7, 11) is 0. The number of rotatable bonds is 1. The third-order valence-electron chi connectivity index (χ3n) is 1.26. The maximum atomic E-state index is 11.9. The summed E-state index contributed by atoms with van der Waals surface area (Å²) in [5.41, 5.74) is -0.451. The first kappa shape index (κ1) is 9.53. The van der Waals surface area contributed by atoms with E-state index in [9.17, 15) is 13.2 Å². The van der Waals surface area contributed by atoms with Gasteiger partial charge in [0.2, 0.25) is 0 Å². The van der Waals surface area contributed by atoms with Crippen LogP contribution in [0.3, 0.4) is 0 Å². The van der Waals surface area contributed by atoms with Crippen LogP contribution in [0.4, 0.5) is 13.2 Å². The summed E-state index contributed by atoms with van der Waals surface area (Å²) in [5, 5.41) is 0. The van der Waals surface area contributed by atoms with Crippen LogP contribution in [0.5, 0.6) is 0 Å². The average Bonchev–Trinajstić information content (AvgIpc) is 1.60. The predicted molar refractivity (Wildman–Crippen MR) is 34.6 cm³/mol. The van der Waals surface area contributed by atoms with Crippen LogP contribution < -0.4 is 0 Å². The molecule has 0 bridgehead atoms. The fourth-order valence-corrected chi connectivity index (χ4v) is 0.824. The van der Waals surface area contributed by atoms with Crippen molar-refractivity contribution in [2.75, 3.05) is 0 Å². The molecule has 0 unspecified atom stereocenters. The quantitative estimate of drug-likeness (QED) is 0.506. The van der Waals surface area contributed by atoms with E-state index in [1.807, 2.05) is 0 Å². The van der Waals surface area contributed by atoms with Crippen LogP contribution in [0.2, 0.25) is 0 Å². The lowest BCUT2D eigenvalue weighted by Crippen LogP contribution is -2.16. The summed E-state index contributed by atoms with van der Waals surface area (Å²) >= 11 is 0. The van der Waals surface area contributed by atoms with Crippen LogP contribution >= 0.6 is 0 Å². The van der Waals surface area contributed by atoms with Gasteiger partial charge in [0.25, 0.3) is 0 Å². The third-order valence-corrected chi connectivity index (χ3v) is 1.26. The van der Waals surface area contributed by atoms with Crippen LogP contribution in [0, 0.1) is 5.92 Å². The van der Waals surface area contributed by atoms with Crippen molar-refractivity contribution in [1.29, 1.82) is 0 Å². The van der Waals surface area contributed by atoms with Crippen LogP contribution in [-0.2, 0) is 0 Å². The molecule has 3 heteroatoms. The summed E-state index contributed by atoms with van der Waals surface area (Å²) in [6.07, 6.45) is -3.03. The molecule has 60 valence electrons. The summed E-state index contributed by atoms with van der Waals surface area (Å²) in [6.45, 7) is 4.47. The van der Waals surface area contributed by atoms with Crippen molar-refractivity contribution < 1.29 is 13.2 Å². The predicted octanol–water partition coefficient (Wildman–Crippen LogP) is 3.15. The standard InChI is InChI=1S/C7H11F3/c1-4-6(5(2)3)7(8,9)10/h4-5H,1-3H3/b6-4+. The van der Waals surface area contributed by atoms with Gasteiger partial charge in [0.15, 0.2) is 0 Å². The van der Waals surface area contributed by atoms with Gasteiger partial charge in [0, 0.05) is 5.57 Å². The Morgan fingerprint density at radius 1 is 1.30 bits per heavy atom. The Labute approximate surface area is 58.7 Å². The van der Waals surface area contributed by atoms with Crippen molar-refractivity contribution in [2.24, 2.45) is 5.92 Å². The number of hydrogen-bond donors (Lipinski definition) is 0. The van der Waals surface area contributed by atoms with Gasteiger partial charge >= 0.3 is 6.18 Å². The molecule has 0 aliphatic carbocycles. The normalized spacial score (nSPS) is 14.5. The maximum Gasteiger partial charge on any atom is 0.412 e. The molecule has 0 atom stereocenters. The zero-order chi connectivity index (χ0) is 8.36. The van der Waals surface area contributed by atoms with Gasteiger partial charge in [-0.15, -0.1) is 0 Å². The summed E-state index contributed by atoms with van der Waals surface area (Å²) in [5.74, 6) is -0.440. The first-order valence-electron chi connectivity index (χ1n) is 3.13. The molecular formula is C7H11F3. The third kappa shape index (κ3) is 2.42. The number of alkyl halides is 3. The van der Waals surface area contributed by atoms with Crippen LogP contribution in [0.1, 0.15) is 20.8 Å². The highest BCUT2D eigenvalue weighted by molar-refractivity contribution is 5.09. The number of halogens is 3. The second-order valence-corrected chi connectivity index (χ2v) is 2.40. The molecule has 0 aromatic rings. The molecule has 0 N–H and O–H groups in total. The summed E-state index contributed by atoms with van der Waals surface area (Å²) < 4.78 is 35.7. The molecule has 0 fully saturated rings. The highest BCUT2D eigenvalue weighted by Crippen LogP contribution is 2.30. The van der Waals surface area contributed by atoms with E-state index in [2.05, 4.69) is 0 Å². The highest BCUT2D eigenvalue weighted by Gasteiger charge is 2.34. The minimum absolute atomic E-state index is 0.440.